The van der Waals surface area contributed by atoms with Gasteiger partial charge in [-0.1, -0.05) is 29.3 Å². The number of hydrogen-bond donors (Lipinski definition) is 0. The molecule has 2 heterocycles. The average molecular weight is 372 g/mol. The minimum Gasteiger partial charge on any atom is -0.455 e. The normalized spacial score (nSPS) is 23.5. The largest absolute Gasteiger partial charge is 0.455 e. The van der Waals surface area contributed by atoms with Crippen molar-refractivity contribution in [3.05, 3.63) is 33.8 Å². The number of esters is 1. The summed E-state index contributed by atoms with van der Waals surface area (Å²) in [4.78, 5) is 26.1. The third-order valence-corrected chi connectivity index (χ3v) is 5.24. The smallest absolute Gasteiger partial charge is 0.311 e. The zero-order valence-corrected chi connectivity index (χ0v) is 14.7. The van der Waals surface area contributed by atoms with Gasteiger partial charge in [0.25, 0.3) is 5.91 Å². The molecular weight excluding hydrogens is 353 g/mol. The summed E-state index contributed by atoms with van der Waals surface area (Å²) in [7, 11) is 0. The first-order valence-electron chi connectivity index (χ1n) is 8.05. The molecule has 7 heteroatoms. The Morgan fingerprint density at radius 3 is 2.79 bits per heavy atom. The lowest BCUT2D eigenvalue weighted by molar-refractivity contribution is -0.155. The van der Waals surface area contributed by atoms with Crippen LogP contribution in [0.1, 0.15) is 30.9 Å². The first-order valence-corrected chi connectivity index (χ1v) is 8.80. The van der Waals surface area contributed by atoms with E-state index in [0.717, 1.165) is 18.4 Å². The Labute approximate surface area is 150 Å². The second-order valence-electron chi connectivity index (χ2n) is 6.09. The van der Waals surface area contributed by atoms with Crippen molar-refractivity contribution in [2.75, 3.05) is 26.4 Å². The number of likely N-dealkylation sites (tertiary alicyclic amines) is 1. The van der Waals surface area contributed by atoms with Gasteiger partial charge in [0.15, 0.2) is 6.61 Å². The molecule has 130 valence electrons. The highest BCUT2D eigenvalue weighted by Crippen LogP contribution is 2.35. The summed E-state index contributed by atoms with van der Waals surface area (Å²) in [6.45, 7) is 1.36. The Hall–Kier alpha value is -1.30. The molecule has 0 aliphatic carbocycles. The van der Waals surface area contributed by atoms with E-state index in [1.807, 2.05) is 6.07 Å². The Bertz CT molecular complexity index is 631. The summed E-state index contributed by atoms with van der Waals surface area (Å²) in [5.74, 6) is -0.788. The molecule has 5 nitrogen and oxygen atoms in total. The van der Waals surface area contributed by atoms with Crippen LogP contribution in [0.15, 0.2) is 18.2 Å². The van der Waals surface area contributed by atoms with E-state index < -0.39 is 0 Å². The number of benzene rings is 1. The minimum absolute atomic E-state index is 0.0548. The predicted molar refractivity (Wildman–Crippen MR) is 90.0 cm³/mol. The number of halogens is 2. The topological polar surface area (TPSA) is 55.8 Å². The van der Waals surface area contributed by atoms with E-state index in [4.69, 9.17) is 32.7 Å². The van der Waals surface area contributed by atoms with Crippen LogP contribution >= 0.6 is 23.2 Å². The molecular formula is C17H19Cl2NO4. The van der Waals surface area contributed by atoms with Crippen molar-refractivity contribution in [2.24, 2.45) is 5.92 Å². The molecule has 1 aromatic carbocycles. The maximum absolute atomic E-state index is 12.5. The van der Waals surface area contributed by atoms with E-state index >= 15 is 0 Å². The van der Waals surface area contributed by atoms with Gasteiger partial charge in [-0.05, 0) is 37.0 Å². The minimum atomic E-state index is -0.355. The maximum atomic E-state index is 12.5. The van der Waals surface area contributed by atoms with E-state index in [2.05, 4.69) is 0 Å². The highest BCUT2D eigenvalue weighted by atomic mass is 35.5. The molecule has 0 aromatic heterocycles. The number of amides is 1. The molecule has 2 aliphatic rings. The van der Waals surface area contributed by atoms with Gasteiger partial charge >= 0.3 is 5.97 Å². The van der Waals surface area contributed by atoms with Crippen LogP contribution in [0.5, 0.6) is 0 Å². The molecule has 1 aromatic rings. The van der Waals surface area contributed by atoms with Gasteiger partial charge in [-0.15, -0.1) is 0 Å². The second kappa shape index (κ2) is 7.72. The van der Waals surface area contributed by atoms with E-state index in [0.29, 0.717) is 36.2 Å². The van der Waals surface area contributed by atoms with Crippen LogP contribution in [0, 0.1) is 5.92 Å². The summed E-state index contributed by atoms with van der Waals surface area (Å²) in [5.41, 5.74) is 0.950. The molecule has 2 saturated heterocycles. The molecule has 0 N–H and O–H groups in total. The molecule has 0 saturated carbocycles. The van der Waals surface area contributed by atoms with Crippen molar-refractivity contribution in [1.82, 2.24) is 4.90 Å². The molecule has 0 bridgehead atoms. The van der Waals surface area contributed by atoms with Crippen LogP contribution in [0.25, 0.3) is 0 Å². The first-order chi connectivity index (χ1) is 11.6. The summed E-state index contributed by atoms with van der Waals surface area (Å²) < 4.78 is 10.3. The second-order valence-corrected chi connectivity index (χ2v) is 6.90. The van der Waals surface area contributed by atoms with Crippen molar-refractivity contribution >= 4 is 35.1 Å². The van der Waals surface area contributed by atoms with Gasteiger partial charge in [0.1, 0.15) is 0 Å². The molecule has 1 amide bonds. The van der Waals surface area contributed by atoms with Crippen molar-refractivity contribution < 1.29 is 19.1 Å². The fourth-order valence-electron chi connectivity index (χ4n) is 3.19. The third kappa shape index (κ3) is 3.85. The maximum Gasteiger partial charge on any atom is 0.311 e. The van der Waals surface area contributed by atoms with Crippen LogP contribution in [-0.4, -0.2) is 43.1 Å². The zero-order valence-electron chi connectivity index (χ0n) is 13.2. The lowest BCUT2D eigenvalue weighted by Crippen LogP contribution is -2.35. The average Bonchev–Trinajstić information content (AvgIpc) is 3.26. The lowest BCUT2D eigenvalue weighted by atomic mass is 10.0. The van der Waals surface area contributed by atoms with Gasteiger partial charge in [-0.3, -0.25) is 9.59 Å². The predicted octanol–water partition coefficient (Wildman–Crippen LogP) is 3.24. The quantitative estimate of drug-likeness (QED) is 0.762. The molecule has 2 aliphatic heterocycles. The molecule has 3 rings (SSSR count). The number of carbonyl (C=O) groups excluding carboxylic acids is 2. The fraction of sp³-hybridized carbons (Fsp3) is 0.529. The van der Waals surface area contributed by atoms with Gasteiger partial charge in [0, 0.05) is 13.2 Å². The number of hydrogen-bond acceptors (Lipinski definition) is 4. The number of rotatable bonds is 4. The van der Waals surface area contributed by atoms with Crippen LogP contribution in [0.3, 0.4) is 0 Å². The summed E-state index contributed by atoms with van der Waals surface area (Å²) in [5, 5.41) is 0.963. The Kier molecular flexibility index (Phi) is 5.64. The fourth-order valence-corrected chi connectivity index (χ4v) is 3.49. The molecule has 2 atom stereocenters. The van der Waals surface area contributed by atoms with Gasteiger partial charge in [-0.2, -0.15) is 0 Å². The molecule has 0 radical (unpaired) electrons. The van der Waals surface area contributed by atoms with Crippen molar-refractivity contribution in [1.29, 1.82) is 0 Å². The van der Waals surface area contributed by atoms with Crippen LogP contribution in [-0.2, 0) is 19.1 Å². The number of carbonyl (C=O) groups is 2. The van der Waals surface area contributed by atoms with Crippen molar-refractivity contribution in [3.63, 3.8) is 0 Å². The summed E-state index contributed by atoms with van der Waals surface area (Å²) in [6, 6.07) is 5.36. The van der Waals surface area contributed by atoms with Gasteiger partial charge in [0.05, 0.1) is 28.6 Å². The van der Waals surface area contributed by atoms with Gasteiger partial charge < -0.3 is 14.4 Å². The van der Waals surface area contributed by atoms with Crippen LogP contribution in [0.4, 0.5) is 0 Å². The molecule has 24 heavy (non-hydrogen) atoms. The zero-order chi connectivity index (χ0) is 17.1. The molecule has 2 fully saturated rings. The van der Waals surface area contributed by atoms with Crippen LogP contribution in [0.2, 0.25) is 10.0 Å². The van der Waals surface area contributed by atoms with E-state index in [-0.39, 0.29) is 30.4 Å². The number of ether oxygens (including phenoxy) is 2. The van der Waals surface area contributed by atoms with E-state index in [1.54, 1.807) is 17.0 Å². The van der Waals surface area contributed by atoms with Gasteiger partial charge in [0.2, 0.25) is 0 Å². The van der Waals surface area contributed by atoms with Crippen molar-refractivity contribution in [3.8, 4) is 0 Å². The van der Waals surface area contributed by atoms with E-state index in [1.165, 1.54) is 0 Å². The summed E-state index contributed by atoms with van der Waals surface area (Å²) >= 11 is 12.0. The SMILES string of the molecule is O=C(OCC(=O)N1CCC[C@@H]1c1ccc(Cl)c(Cl)c1)[C@H]1CCOC1. The highest BCUT2D eigenvalue weighted by Gasteiger charge is 2.32. The first kappa shape index (κ1) is 17.5. The lowest BCUT2D eigenvalue weighted by Gasteiger charge is -2.25. The van der Waals surface area contributed by atoms with Gasteiger partial charge in [-0.25, -0.2) is 0 Å². The highest BCUT2D eigenvalue weighted by molar-refractivity contribution is 6.42. The summed E-state index contributed by atoms with van der Waals surface area (Å²) in [6.07, 6.45) is 2.41. The van der Waals surface area contributed by atoms with E-state index in [9.17, 15) is 9.59 Å². The van der Waals surface area contributed by atoms with Crippen molar-refractivity contribution in [2.45, 2.75) is 25.3 Å². The third-order valence-electron chi connectivity index (χ3n) is 4.50. The Morgan fingerprint density at radius 1 is 1.25 bits per heavy atom. The van der Waals surface area contributed by atoms with Crippen LogP contribution < -0.4 is 0 Å². The standard InChI is InChI=1S/C17H19Cl2NO4/c18-13-4-3-11(8-14(13)19)15-2-1-6-20(15)16(21)10-24-17(22)12-5-7-23-9-12/h3-4,8,12,15H,1-2,5-7,9-10H2/t12-,15+/m0/s1. The monoisotopic (exact) mass is 371 g/mol. The Balaban J connectivity index is 1.60. The molecule has 0 unspecified atom stereocenters. The molecule has 0 spiro atoms. The number of nitrogens with zero attached hydrogens (tertiary/aromatic N) is 1. The Morgan fingerprint density at radius 2 is 2.08 bits per heavy atom.